The lowest BCUT2D eigenvalue weighted by Gasteiger charge is -2.28. The van der Waals surface area contributed by atoms with Gasteiger partial charge in [-0.3, -0.25) is 4.79 Å². The highest BCUT2D eigenvalue weighted by atomic mass is 16.6. The lowest BCUT2D eigenvalue weighted by Crippen LogP contribution is -2.30. The predicted octanol–water partition coefficient (Wildman–Crippen LogP) is 2.73. The number of rotatable bonds is 0. The molecule has 90 valence electrons. The summed E-state index contributed by atoms with van der Waals surface area (Å²) in [5, 5.41) is 0. The minimum atomic E-state index is -0.767. The second kappa shape index (κ2) is 3.67. The molecule has 0 radical (unpaired) electrons. The van der Waals surface area contributed by atoms with E-state index < -0.39 is 17.4 Å². The van der Waals surface area contributed by atoms with E-state index in [-0.39, 0.29) is 0 Å². The van der Waals surface area contributed by atoms with Crippen LogP contribution in [0.2, 0.25) is 0 Å². The smallest absolute Gasteiger partial charge is 0.346 e. The fraction of sp³-hybridized carbons (Fsp3) is 0.200. The zero-order valence-corrected chi connectivity index (χ0v) is 9.97. The van der Waals surface area contributed by atoms with Gasteiger partial charge in [-0.1, -0.05) is 36.4 Å². The number of ether oxygens (including phenoxy) is 1. The number of benzene rings is 1. The van der Waals surface area contributed by atoms with Crippen molar-refractivity contribution in [3.05, 3.63) is 53.6 Å². The zero-order chi connectivity index (χ0) is 12.8. The molecule has 0 saturated heterocycles. The molecular weight excluding hydrogens is 228 g/mol. The van der Waals surface area contributed by atoms with Gasteiger partial charge in [-0.2, -0.15) is 0 Å². The maximum absolute atomic E-state index is 12.1. The second-order valence-corrected chi connectivity index (χ2v) is 4.77. The Kier molecular flexibility index (Phi) is 2.23. The minimum absolute atomic E-state index is 0.455. The highest BCUT2D eigenvalue weighted by molar-refractivity contribution is 6.09. The summed E-state index contributed by atoms with van der Waals surface area (Å²) in [5.74, 6) is -1.04. The van der Waals surface area contributed by atoms with E-state index in [1.165, 1.54) is 0 Å². The molecule has 0 saturated carbocycles. The van der Waals surface area contributed by atoms with Crippen LogP contribution in [0.1, 0.15) is 29.3 Å². The molecule has 0 spiro atoms. The van der Waals surface area contributed by atoms with Crippen LogP contribution in [0.5, 0.6) is 0 Å². The Hall–Kier alpha value is -2.16. The minimum Gasteiger partial charge on any atom is -0.389 e. The number of cyclic esters (lactones) is 2. The average Bonchev–Trinajstić information content (AvgIpc) is 2.46. The summed E-state index contributed by atoms with van der Waals surface area (Å²) in [4.78, 5) is 24.0. The lowest BCUT2D eigenvalue weighted by molar-refractivity contribution is -0.145. The van der Waals surface area contributed by atoms with Gasteiger partial charge >= 0.3 is 11.9 Å². The van der Waals surface area contributed by atoms with Gasteiger partial charge in [0, 0.05) is 0 Å². The van der Waals surface area contributed by atoms with Gasteiger partial charge in [0.25, 0.3) is 0 Å². The fourth-order valence-corrected chi connectivity index (χ4v) is 2.49. The monoisotopic (exact) mass is 240 g/mol. The first kappa shape index (κ1) is 11.0. The third-order valence-corrected chi connectivity index (χ3v) is 3.59. The molecule has 3 nitrogen and oxygen atoms in total. The molecule has 1 aromatic carbocycles. The van der Waals surface area contributed by atoms with E-state index in [2.05, 4.69) is 0 Å². The molecule has 18 heavy (non-hydrogen) atoms. The van der Waals surface area contributed by atoms with Gasteiger partial charge in [-0.05, 0) is 30.5 Å². The molecule has 1 unspecified atom stereocenters. The average molecular weight is 240 g/mol. The zero-order valence-electron chi connectivity index (χ0n) is 9.97. The Morgan fingerprint density at radius 2 is 1.89 bits per heavy atom. The predicted molar refractivity (Wildman–Crippen MR) is 66.7 cm³/mol. The standard InChI is InChI=1S/C15H12O3/c1-15-9-5-4-8-12(15)10-6-2-3-7-11(10)13(16)18-14(15)17/h2-8H,9H2,1H3. The molecule has 0 aromatic heterocycles. The Labute approximate surface area is 105 Å². The Morgan fingerprint density at radius 3 is 2.67 bits per heavy atom. The van der Waals surface area contributed by atoms with E-state index in [0.717, 1.165) is 11.1 Å². The van der Waals surface area contributed by atoms with Crippen LogP contribution in [0.4, 0.5) is 0 Å². The first-order valence-corrected chi connectivity index (χ1v) is 5.86. The summed E-state index contributed by atoms with van der Waals surface area (Å²) in [6, 6.07) is 7.18. The summed E-state index contributed by atoms with van der Waals surface area (Å²) in [6.07, 6.45) is 6.28. The molecule has 1 aliphatic carbocycles. The largest absolute Gasteiger partial charge is 0.389 e. The normalized spacial score (nSPS) is 25.7. The van der Waals surface area contributed by atoms with Crippen molar-refractivity contribution in [2.24, 2.45) is 5.41 Å². The van der Waals surface area contributed by atoms with Crippen LogP contribution in [-0.2, 0) is 9.53 Å². The number of esters is 2. The van der Waals surface area contributed by atoms with E-state index in [1.54, 1.807) is 12.1 Å². The van der Waals surface area contributed by atoms with Crippen LogP contribution in [0.25, 0.3) is 5.57 Å². The maximum Gasteiger partial charge on any atom is 0.346 e. The van der Waals surface area contributed by atoms with E-state index in [1.807, 2.05) is 37.3 Å². The third-order valence-electron chi connectivity index (χ3n) is 3.59. The lowest BCUT2D eigenvalue weighted by atomic mass is 9.73. The van der Waals surface area contributed by atoms with Crippen molar-refractivity contribution in [3.63, 3.8) is 0 Å². The molecule has 3 heteroatoms. The summed E-state index contributed by atoms with van der Waals surface area (Å²) < 4.78 is 4.96. The van der Waals surface area contributed by atoms with Crippen LogP contribution >= 0.6 is 0 Å². The number of hydrogen-bond donors (Lipinski definition) is 0. The van der Waals surface area contributed by atoms with Crippen molar-refractivity contribution >= 4 is 17.5 Å². The summed E-state index contributed by atoms with van der Waals surface area (Å²) in [7, 11) is 0. The number of carbonyl (C=O) groups excluding carboxylic acids is 2. The summed E-state index contributed by atoms with van der Waals surface area (Å²) in [6.45, 7) is 1.82. The van der Waals surface area contributed by atoms with Crippen molar-refractivity contribution in [1.82, 2.24) is 0 Å². The Bertz CT molecular complexity index is 610. The van der Waals surface area contributed by atoms with Gasteiger partial charge < -0.3 is 4.74 Å². The van der Waals surface area contributed by atoms with E-state index in [4.69, 9.17) is 4.74 Å². The van der Waals surface area contributed by atoms with Crippen molar-refractivity contribution < 1.29 is 14.3 Å². The van der Waals surface area contributed by atoms with Crippen LogP contribution in [-0.4, -0.2) is 11.9 Å². The molecule has 1 aliphatic heterocycles. The number of fused-ring (bicyclic) bond motifs is 3. The Morgan fingerprint density at radius 1 is 1.17 bits per heavy atom. The van der Waals surface area contributed by atoms with Crippen LogP contribution in [0.15, 0.2) is 42.5 Å². The molecule has 0 N–H and O–H groups in total. The van der Waals surface area contributed by atoms with Crippen molar-refractivity contribution in [1.29, 1.82) is 0 Å². The van der Waals surface area contributed by atoms with Crippen LogP contribution < -0.4 is 0 Å². The number of allylic oxidation sites excluding steroid dienone is 3. The maximum atomic E-state index is 12.1. The second-order valence-electron chi connectivity index (χ2n) is 4.77. The molecule has 2 aliphatic rings. The molecule has 0 fully saturated rings. The van der Waals surface area contributed by atoms with Crippen molar-refractivity contribution in [2.75, 3.05) is 0 Å². The summed E-state index contributed by atoms with van der Waals surface area (Å²) >= 11 is 0. The van der Waals surface area contributed by atoms with Crippen molar-refractivity contribution in [3.8, 4) is 0 Å². The fourth-order valence-electron chi connectivity index (χ4n) is 2.49. The third kappa shape index (κ3) is 1.37. The van der Waals surface area contributed by atoms with Crippen LogP contribution in [0.3, 0.4) is 0 Å². The highest BCUT2D eigenvalue weighted by Gasteiger charge is 2.44. The number of hydrogen-bond acceptors (Lipinski definition) is 3. The molecule has 1 aromatic rings. The van der Waals surface area contributed by atoms with E-state index in [0.29, 0.717) is 12.0 Å². The van der Waals surface area contributed by atoms with E-state index >= 15 is 0 Å². The molecule has 3 rings (SSSR count). The first-order valence-electron chi connectivity index (χ1n) is 5.86. The quantitative estimate of drug-likeness (QED) is 0.517. The van der Waals surface area contributed by atoms with Crippen molar-refractivity contribution in [2.45, 2.75) is 13.3 Å². The Balaban J connectivity index is 2.31. The first-order chi connectivity index (χ1) is 8.63. The molecule has 1 atom stereocenters. The highest BCUT2D eigenvalue weighted by Crippen LogP contribution is 2.44. The van der Waals surface area contributed by atoms with E-state index in [9.17, 15) is 9.59 Å². The van der Waals surface area contributed by atoms with Gasteiger partial charge in [0.2, 0.25) is 0 Å². The molecular formula is C15H12O3. The number of carbonyl (C=O) groups is 2. The van der Waals surface area contributed by atoms with Crippen LogP contribution in [0, 0.1) is 5.41 Å². The van der Waals surface area contributed by atoms with Gasteiger partial charge in [-0.25, -0.2) is 4.79 Å². The van der Waals surface area contributed by atoms with Gasteiger partial charge in [-0.15, -0.1) is 0 Å². The van der Waals surface area contributed by atoms with Gasteiger partial charge in [0.05, 0.1) is 11.0 Å². The van der Waals surface area contributed by atoms with Gasteiger partial charge in [0.15, 0.2) is 0 Å². The summed E-state index contributed by atoms with van der Waals surface area (Å²) in [5.41, 5.74) is 1.34. The molecule has 0 amide bonds. The SMILES string of the molecule is CC12CC=CC=C1c1ccccc1C(=O)OC2=O. The molecule has 0 bridgehead atoms. The molecule has 1 heterocycles. The topological polar surface area (TPSA) is 43.4 Å². The van der Waals surface area contributed by atoms with Gasteiger partial charge in [0.1, 0.15) is 0 Å².